The van der Waals surface area contributed by atoms with Gasteiger partial charge in [0.2, 0.25) is 11.8 Å². The topological polar surface area (TPSA) is 93.3 Å². The molecule has 3 aromatic rings. The largest absolute Gasteiger partial charge is 0.473 e. The van der Waals surface area contributed by atoms with Crippen molar-refractivity contribution < 1.29 is 22.6 Å². The van der Waals surface area contributed by atoms with E-state index in [1.54, 1.807) is 10.6 Å². The van der Waals surface area contributed by atoms with Gasteiger partial charge in [0.25, 0.3) is 0 Å². The molecule has 1 aliphatic rings. The molecule has 0 bridgehead atoms. The summed E-state index contributed by atoms with van der Waals surface area (Å²) in [6.45, 7) is 1.23. The van der Waals surface area contributed by atoms with Gasteiger partial charge in [-0.25, -0.2) is 9.78 Å². The Balaban J connectivity index is 1.50. The summed E-state index contributed by atoms with van der Waals surface area (Å²) >= 11 is 0. The summed E-state index contributed by atoms with van der Waals surface area (Å²) in [5.41, 5.74) is -0.775. The number of fused-ring (bicyclic) bond motifs is 1. The van der Waals surface area contributed by atoms with Crippen LogP contribution in [0.15, 0.2) is 47.4 Å². The number of rotatable bonds is 5. The summed E-state index contributed by atoms with van der Waals surface area (Å²) in [6, 6.07) is 9.29. The molecule has 32 heavy (non-hydrogen) atoms. The highest BCUT2D eigenvalue weighted by atomic mass is 19.4. The molecular formula is C21H16F3N5O3. The lowest BCUT2D eigenvalue weighted by Crippen LogP contribution is -2.22. The minimum atomic E-state index is -4.52. The van der Waals surface area contributed by atoms with Crippen LogP contribution < -0.4 is 20.1 Å². The molecule has 164 valence electrons. The molecule has 0 fully saturated rings. The van der Waals surface area contributed by atoms with Gasteiger partial charge >= 0.3 is 11.9 Å². The highest BCUT2D eigenvalue weighted by molar-refractivity contribution is 5.45. The van der Waals surface area contributed by atoms with Gasteiger partial charge in [-0.15, -0.1) is 0 Å². The molecule has 11 heteroatoms. The molecule has 1 aliphatic heterocycles. The highest BCUT2D eigenvalue weighted by Crippen LogP contribution is 2.33. The second-order valence-corrected chi connectivity index (χ2v) is 7.03. The van der Waals surface area contributed by atoms with Crippen LogP contribution in [0.1, 0.15) is 16.7 Å². The molecule has 0 spiro atoms. The number of aromatic nitrogens is 3. The van der Waals surface area contributed by atoms with E-state index in [-0.39, 0.29) is 29.7 Å². The first-order chi connectivity index (χ1) is 15.2. The maximum absolute atomic E-state index is 12.9. The molecule has 0 N–H and O–H groups in total. The summed E-state index contributed by atoms with van der Waals surface area (Å²) in [5.74, 6) is 0.601. The first kappa shape index (κ1) is 21.2. The Morgan fingerprint density at radius 1 is 1.22 bits per heavy atom. The van der Waals surface area contributed by atoms with E-state index in [0.29, 0.717) is 24.5 Å². The first-order valence-electron chi connectivity index (χ1n) is 9.44. The molecule has 8 nitrogen and oxygen atoms in total. The Kier molecular flexibility index (Phi) is 5.44. The monoisotopic (exact) mass is 443 g/mol. The fraction of sp³-hybridized carbons (Fsp3) is 0.238. The van der Waals surface area contributed by atoms with Crippen LogP contribution in [0.5, 0.6) is 17.5 Å². The lowest BCUT2D eigenvalue weighted by molar-refractivity contribution is -0.137. The van der Waals surface area contributed by atoms with E-state index in [1.807, 2.05) is 18.0 Å². The first-order valence-corrected chi connectivity index (χ1v) is 9.44. The Bertz CT molecular complexity index is 1270. The van der Waals surface area contributed by atoms with Crippen molar-refractivity contribution in [1.29, 1.82) is 5.26 Å². The fourth-order valence-electron chi connectivity index (χ4n) is 3.18. The van der Waals surface area contributed by atoms with Crippen LogP contribution in [0.3, 0.4) is 0 Å². The van der Waals surface area contributed by atoms with Crippen LogP contribution in [-0.2, 0) is 19.3 Å². The number of anilines is 1. The molecule has 3 heterocycles. The zero-order valence-electron chi connectivity index (χ0n) is 16.8. The number of hydrogen-bond acceptors (Lipinski definition) is 7. The minimum absolute atomic E-state index is 0.0187. The highest BCUT2D eigenvalue weighted by Gasteiger charge is 2.30. The van der Waals surface area contributed by atoms with E-state index in [4.69, 9.17) is 9.47 Å². The average molecular weight is 443 g/mol. The van der Waals surface area contributed by atoms with Crippen LogP contribution in [-0.4, -0.2) is 28.1 Å². The standard InChI is InChI=1S/C21H16F3N5O3/c1-28-5-6-29-18(28)9-17(27-20(29)30)31-12-13-7-14(10-25)19(26-11-13)32-16-4-2-3-15(8-16)21(22,23)24/h2-4,7-9,11H,5-6,12H2,1H3. The summed E-state index contributed by atoms with van der Waals surface area (Å²) in [7, 11) is 1.86. The van der Waals surface area contributed by atoms with Gasteiger partial charge in [0, 0.05) is 38.0 Å². The van der Waals surface area contributed by atoms with E-state index in [1.165, 1.54) is 24.4 Å². The molecule has 0 saturated carbocycles. The number of benzene rings is 1. The number of halogens is 3. The third-order valence-corrected chi connectivity index (χ3v) is 4.81. The van der Waals surface area contributed by atoms with Crippen molar-refractivity contribution in [3.05, 3.63) is 69.8 Å². The lowest BCUT2D eigenvalue weighted by atomic mass is 10.2. The lowest BCUT2D eigenvalue weighted by Gasteiger charge is -2.13. The predicted molar refractivity (Wildman–Crippen MR) is 107 cm³/mol. The third kappa shape index (κ3) is 4.34. The van der Waals surface area contributed by atoms with Crippen LogP contribution in [0.2, 0.25) is 0 Å². The SMILES string of the molecule is CN1CCn2c1cc(OCc1cnc(Oc3cccc(C(F)(F)F)c3)c(C#N)c1)nc2=O. The van der Waals surface area contributed by atoms with E-state index in [9.17, 15) is 23.2 Å². The summed E-state index contributed by atoms with van der Waals surface area (Å²) in [4.78, 5) is 21.9. The number of ether oxygens (including phenoxy) is 2. The molecule has 2 aromatic heterocycles. The van der Waals surface area contributed by atoms with E-state index in [2.05, 4.69) is 9.97 Å². The van der Waals surface area contributed by atoms with Crippen LogP contribution >= 0.6 is 0 Å². The summed E-state index contributed by atoms with van der Waals surface area (Å²) in [6.07, 6.45) is -3.15. The quantitative estimate of drug-likeness (QED) is 0.597. The average Bonchev–Trinajstić information content (AvgIpc) is 3.14. The van der Waals surface area contributed by atoms with Crippen molar-refractivity contribution in [1.82, 2.24) is 14.5 Å². The molecule has 0 atom stereocenters. The van der Waals surface area contributed by atoms with Crippen molar-refractivity contribution in [2.24, 2.45) is 0 Å². The number of pyridine rings is 1. The molecule has 0 radical (unpaired) electrons. The van der Waals surface area contributed by atoms with Gasteiger partial charge in [-0.05, 0) is 24.3 Å². The Morgan fingerprint density at radius 3 is 2.78 bits per heavy atom. The smallest absolute Gasteiger partial charge is 0.416 e. The second kappa shape index (κ2) is 8.22. The maximum Gasteiger partial charge on any atom is 0.416 e. The number of nitriles is 1. The summed E-state index contributed by atoms with van der Waals surface area (Å²) in [5, 5.41) is 9.41. The van der Waals surface area contributed by atoms with Crippen LogP contribution in [0.4, 0.5) is 19.0 Å². The van der Waals surface area contributed by atoms with Gasteiger partial charge in [0.15, 0.2) is 0 Å². The van der Waals surface area contributed by atoms with Crippen LogP contribution in [0, 0.1) is 11.3 Å². The van der Waals surface area contributed by atoms with Crippen LogP contribution in [0.25, 0.3) is 0 Å². The number of likely N-dealkylation sites (N-methyl/N-ethyl adjacent to an activating group) is 1. The van der Waals surface area contributed by atoms with Gasteiger partial charge in [0.1, 0.15) is 29.8 Å². The fourth-order valence-corrected chi connectivity index (χ4v) is 3.18. The van der Waals surface area contributed by atoms with E-state index in [0.717, 1.165) is 12.1 Å². The van der Waals surface area contributed by atoms with Gasteiger partial charge in [-0.1, -0.05) is 6.07 Å². The maximum atomic E-state index is 12.9. The van der Waals surface area contributed by atoms with Crippen molar-refractivity contribution in [3.63, 3.8) is 0 Å². The van der Waals surface area contributed by atoms with Gasteiger partial charge in [-0.2, -0.15) is 23.4 Å². The van der Waals surface area contributed by atoms with Gasteiger partial charge < -0.3 is 14.4 Å². The second-order valence-electron chi connectivity index (χ2n) is 7.03. The molecule has 0 aliphatic carbocycles. The molecule has 4 rings (SSSR count). The van der Waals surface area contributed by atoms with Crippen molar-refractivity contribution in [2.45, 2.75) is 19.3 Å². The Labute approximate surface area is 180 Å². The summed E-state index contributed by atoms with van der Waals surface area (Å²) < 4.78 is 51.2. The van der Waals surface area contributed by atoms with Gasteiger partial charge in [-0.3, -0.25) is 4.57 Å². The Morgan fingerprint density at radius 2 is 2.03 bits per heavy atom. The van der Waals surface area contributed by atoms with Crippen molar-refractivity contribution in [2.75, 3.05) is 18.5 Å². The van der Waals surface area contributed by atoms with E-state index < -0.39 is 17.4 Å². The van der Waals surface area contributed by atoms with Crippen molar-refractivity contribution in [3.8, 4) is 23.6 Å². The zero-order valence-corrected chi connectivity index (χ0v) is 16.8. The molecule has 1 aromatic carbocycles. The number of nitrogens with zero attached hydrogens (tertiary/aromatic N) is 5. The van der Waals surface area contributed by atoms with Crippen molar-refractivity contribution >= 4 is 5.82 Å². The number of hydrogen-bond donors (Lipinski definition) is 0. The molecule has 0 saturated heterocycles. The predicted octanol–water partition coefficient (Wildman–Crippen LogP) is 3.35. The van der Waals surface area contributed by atoms with E-state index >= 15 is 0 Å². The Hall–Kier alpha value is -4.07. The zero-order chi connectivity index (χ0) is 22.9. The molecule has 0 amide bonds. The number of alkyl halides is 3. The normalized spacial score (nSPS) is 12.9. The van der Waals surface area contributed by atoms with Gasteiger partial charge in [0.05, 0.1) is 5.56 Å². The third-order valence-electron chi connectivity index (χ3n) is 4.81. The molecule has 0 unspecified atom stereocenters. The minimum Gasteiger partial charge on any atom is -0.473 e. The molecular weight excluding hydrogens is 427 g/mol.